The Kier molecular flexibility index (Phi) is 3.95. The number of ether oxygens (including phenoxy) is 1. The molecule has 0 fully saturated rings. The third-order valence-corrected chi connectivity index (χ3v) is 4.81. The Morgan fingerprint density at radius 3 is 2.57 bits per heavy atom. The van der Waals surface area contributed by atoms with Gasteiger partial charge in [-0.3, -0.25) is 10.5 Å². The molecular formula is C18H19ClN2O2. The molecule has 3 unspecified atom stereocenters. The highest BCUT2D eigenvalue weighted by Gasteiger charge is 2.46. The van der Waals surface area contributed by atoms with E-state index in [-0.39, 0.29) is 17.1 Å². The number of carbonyl (C=O) groups is 1. The fraction of sp³-hybridized carbons (Fsp3) is 0.444. The summed E-state index contributed by atoms with van der Waals surface area (Å²) in [5.74, 6) is -0.270. The van der Waals surface area contributed by atoms with E-state index in [9.17, 15) is 10.1 Å². The van der Waals surface area contributed by atoms with Crippen molar-refractivity contribution in [2.24, 2.45) is 17.1 Å². The number of nitriles is 1. The molecule has 0 radical (unpaired) electrons. The molecule has 0 saturated heterocycles. The van der Waals surface area contributed by atoms with Gasteiger partial charge in [-0.15, -0.1) is 0 Å². The molecule has 3 rings (SSSR count). The molecule has 1 heterocycles. The fourth-order valence-corrected chi connectivity index (χ4v) is 3.65. The number of rotatable bonds is 1. The van der Waals surface area contributed by atoms with E-state index in [1.54, 1.807) is 12.1 Å². The maximum atomic E-state index is 12.7. The SMILES string of the molecule is CC1(C)CC(=O)C2=C(C1)OC(N)C(C#N)C2c1ccc(Cl)cc1. The van der Waals surface area contributed by atoms with Crippen LogP contribution in [0.4, 0.5) is 0 Å². The molecule has 0 aromatic heterocycles. The van der Waals surface area contributed by atoms with Crippen molar-refractivity contribution in [1.82, 2.24) is 0 Å². The monoisotopic (exact) mass is 330 g/mol. The summed E-state index contributed by atoms with van der Waals surface area (Å²) in [6.45, 7) is 4.08. The van der Waals surface area contributed by atoms with E-state index < -0.39 is 12.1 Å². The van der Waals surface area contributed by atoms with E-state index >= 15 is 0 Å². The number of halogens is 1. The van der Waals surface area contributed by atoms with Crippen LogP contribution in [0.1, 0.15) is 38.2 Å². The van der Waals surface area contributed by atoms with E-state index in [1.807, 2.05) is 26.0 Å². The molecule has 3 atom stereocenters. The first-order chi connectivity index (χ1) is 10.8. The number of carbonyl (C=O) groups excluding carboxylic acids is 1. The largest absolute Gasteiger partial charge is 0.478 e. The highest BCUT2D eigenvalue weighted by molar-refractivity contribution is 6.30. The number of benzene rings is 1. The Morgan fingerprint density at radius 2 is 1.96 bits per heavy atom. The zero-order chi connectivity index (χ0) is 16.8. The maximum Gasteiger partial charge on any atom is 0.164 e. The fourth-order valence-electron chi connectivity index (χ4n) is 3.53. The Morgan fingerprint density at radius 1 is 1.30 bits per heavy atom. The van der Waals surface area contributed by atoms with Crippen LogP contribution >= 0.6 is 11.6 Å². The standard InChI is InChI=1S/C18H19ClN2O2/c1-18(2)7-13(22)16-14(8-18)23-17(21)12(9-20)15(16)10-3-5-11(19)6-4-10/h3-6,12,15,17H,7-8,21H2,1-2H3. The van der Waals surface area contributed by atoms with E-state index in [0.717, 1.165) is 5.56 Å². The van der Waals surface area contributed by atoms with Crippen LogP contribution in [0.15, 0.2) is 35.6 Å². The summed E-state index contributed by atoms with van der Waals surface area (Å²) < 4.78 is 5.76. The zero-order valence-electron chi connectivity index (χ0n) is 13.2. The third kappa shape index (κ3) is 2.87. The minimum atomic E-state index is -0.735. The number of nitrogens with zero attached hydrogens (tertiary/aromatic N) is 1. The van der Waals surface area contributed by atoms with Gasteiger partial charge in [0.2, 0.25) is 0 Å². The summed E-state index contributed by atoms with van der Waals surface area (Å²) in [6.07, 6.45) is 0.373. The Bertz CT molecular complexity index is 716. The lowest BCUT2D eigenvalue weighted by atomic mass is 9.68. The molecule has 2 aliphatic rings. The van der Waals surface area contributed by atoms with Crippen LogP contribution in [0.2, 0.25) is 5.02 Å². The lowest BCUT2D eigenvalue weighted by Gasteiger charge is -2.41. The second kappa shape index (κ2) is 5.67. The van der Waals surface area contributed by atoms with Crippen LogP contribution in [0.5, 0.6) is 0 Å². The summed E-state index contributed by atoms with van der Waals surface area (Å²) in [5.41, 5.74) is 7.41. The minimum absolute atomic E-state index is 0.0448. The van der Waals surface area contributed by atoms with E-state index in [1.165, 1.54) is 0 Å². The summed E-state index contributed by atoms with van der Waals surface area (Å²) in [6, 6.07) is 9.47. The summed E-state index contributed by atoms with van der Waals surface area (Å²) in [5, 5.41) is 10.2. The molecule has 0 saturated carbocycles. The number of ketones is 1. The Balaban J connectivity index is 2.14. The van der Waals surface area contributed by atoms with Gasteiger partial charge in [0.25, 0.3) is 0 Å². The van der Waals surface area contributed by atoms with Crippen molar-refractivity contribution < 1.29 is 9.53 Å². The topological polar surface area (TPSA) is 76.1 Å². The van der Waals surface area contributed by atoms with Crippen molar-refractivity contribution in [3.05, 3.63) is 46.2 Å². The van der Waals surface area contributed by atoms with Crippen molar-refractivity contribution in [1.29, 1.82) is 5.26 Å². The van der Waals surface area contributed by atoms with E-state index in [0.29, 0.717) is 29.2 Å². The predicted octanol–water partition coefficient (Wildman–Crippen LogP) is 3.52. The van der Waals surface area contributed by atoms with Crippen molar-refractivity contribution in [3.8, 4) is 6.07 Å². The first kappa shape index (κ1) is 16.0. The van der Waals surface area contributed by atoms with E-state index in [2.05, 4.69) is 6.07 Å². The second-order valence-electron chi connectivity index (χ2n) is 7.04. The Hall–Kier alpha value is -1.83. The first-order valence-electron chi connectivity index (χ1n) is 7.66. The van der Waals surface area contributed by atoms with Gasteiger partial charge >= 0.3 is 0 Å². The molecule has 2 N–H and O–H groups in total. The molecule has 1 aliphatic heterocycles. The molecular weight excluding hydrogens is 312 g/mol. The Labute approximate surface area is 140 Å². The van der Waals surface area contributed by atoms with Crippen LogP contribution in [0, 0.1) is 22.7 Å². The molecule has 5 heteroatoms. The van der Waals surface area contributed by atoms with Gasteiger partial charge in [-0.05, 0) is 23.1 Å². The average Bonchev–Trinajstić information content (AvgIpc) is 2.45. The smallest absolute Gasteiger partial charge is 0.164 e. The highest BCUT2D eigenvalue weighted by Crippen LogP contribution is 2.48. The number of nitrogens with two attached hydrogens (primary N) is 1. The quantitative estimate of drug-likeness (QED) is 0.854. The molecule has 1 aliphatic carbocycles. The van der Waals surface area contributed by atoms with Crippen molar-refractivity contribution in [3.63, 3.8) is 0 Å². The first-order valence-corrected chi connectivity index (χ1v) is 8.04. The second-order valence-corrected chi connectivity index (χ2v) is 7.48. The molecule has 0 amide bonds. The summed E-state index contributed by atoms with van der Waals surface area (Å²) in [7, 11) is 0. The molecule has 0 spiro atoms. The van der Waals surface area contributed by atoms with Crippen LogP contribution in [-0.4, -0.2) is 12.0 Å². The summed E-state index contributed by atoms with van der Waals surface area (Å²) >= 11 is 5.96. The third-order valence-electron chi connectivity index (χ3n) is 4.56. The molecule has 1 aromatic carbocycles. The molecule has 23 heavy (non-hydrogen) atoms. The van der Waals surface area contributed by atoms with Gasteiger partial charge in [-0.25, -0.2) is 0 Å². The van der Waals surface area contributed by atoms with Crippen molar-refractivity contribution >= 4 is 17.4 Å². The van der Waals surface area contributed by atoms with Crippen LogP contribution in [0.3, 0.4) is 0 Å². The highest BCUT2D eigenvalue weighted by atomic mass is 35.5. The van der Waals surface area contributed by atoms with Crippen LogP contribution in [-0.2, 0) is 9.53 Å². The zero-order valence-corrected chi connectivity index (χ0v) is 13.9. The number of hydrogen-bond donors (Lipinski definition) is 1. The van der Waals surface area contributed by atoms with Gasteiger partial charge in [0.1, 0.15) is 11.7 Å². The van der Waals surface area contributed by atoms with Gasteiger partial charge < -0.3 is 4.74 Å². The number of Topliss-reactive ketones (excluding diaryl/α,β-unsaturated/α-hetero) is 1. The molecule has 120 valence electrons. The number of hydrogen-bond acceptors (Lipinski definition) is 4. The van der Waals surface area contributed by atoms with Gasteiger partial charge in [0.15, 0.2) is 12.0 Å². The molecule has 0 bridgehead atoms. The number of allylic oxidation sites excluding steroid dienone is 2. The van der Waals surface area contributed by atoms with Crippen molar-refractivity contribution in [2.45, 2.75) is 38.8 Å². The van der Waals surface area contributed by atoms with Crippen LogP contribution < -0.4 is 5.73 Å². The van der Waals surface area contributed by atoms with Crippen molar-refractivity contribution in [2.75, 3.05) is 0 Å². The van der Waals surface area contributed by atoms with Gasteiger partial charge in [-0.2, -0.15) is 5.26 Å². The summed E-state index contributed by atoms with van der Waals surface area (Å²) in [4.78, 5) is 12.7. The molecule has 4 nitrogen and oxygen atoms in total. The predicted molar refractivity (Wildman–Crippen MR) is 87.4 cm³/mol. The molecule has 1 aromatic rings. The minimum Gasteiger partial charge on any atom is -0.478 e. The lowest BCUT2D eigenvalue weighted by molar-refractivity contribution is -0.120. The van der Waals surface area contributed by atoms with Gasteiger partial charge in [-0.1, -0.05) is 37.6 Å². The van der Waals surface area contributed by atoms with Crippen LogP contribution in [0.25, 0.3) is 0 Å². The maximum absolute atomic E-state index is 12.7. The van der Waals surface area contributed by atoms with Gasteiger partial charge in [0, 0.05) is 29.4 Å². The van der Waals surface area contributed by atoms with E-state index in [4.69, 9.17) is 22.1 Å². The average molecular weight is 331 g/mol. The lowest BCUT2D eigenvalue weighted by Crippen LogP contribution is -2.44. The normalized spacial score (nSPS) is 29.5. The van der Waals surface area contributed by atoms with Gasteiger partial charge in [0.05, 0.1) is 6.07 Å².